The highest BCUT2D eigenvalue weighted by molar-refractivity contribution is 7.73. The van der Waals surface area contributed by atoms with Crippen molar-refractivity contribution in [1.29, 1.82) is 0 Å². The van der Waals surface area contributed by atoms with Crippen LogP contribution in [-0.4, -0.2) is 15.0 Å². The van der Waals surface area contributed by atoms with Crippen molar-refractivity contribution in [1.82, 2.24) is 15.0 Å². The zero-order valence-corrected chi connectivity index (χ0v) is 12.0. The summed E-state index contributed by atoms with van der Waals surface area (Å²) in [5, 5.41) is 0.995. The third kappa shape index (κ3) is 1.88. The molecule has 0 amide bonds. The first-order valence-corrected chi connectivity index (χ1v) is 7.68. The molecule has 0 spiro atoms. The van der Waals surface area contributed by atoms with Crippen molar-refractivity contribution in [3.8, 4) is 10.6 Å². The lowest BCUT2D eigenvalue weighted by Gasteiger charge is -1.94. The van der Waals surface area contributed by atoms with Gasteiger partial charge in [-0.3, -0.25) is 0 Å². The minimum atomic E-state index is 0.754. The summed E-state index contributed by atoms with van der Waals surface area (Å²) in [6.45, 7) is 0. The average Bonchev–Trinajstić information content (AvgIpc) is 2.99. The molecule has 92 valence electrons. The number of pyridine rings is 1. The number of nitrogens with one attached hydrogen (secondary N) is 1. The highest BCUT2D eigenvalue weighted by Crippen LogP contribution is 2.31. The van der Waals surface area contributed by atoms with E-state index in [-0.39, 0.29) is 0 Å². The van der Waals surface area contributed by atoms with Gasteiger partial charge in [-0.1, -0.05) is 12.1 Å². The summed E-state index contributed by atoms with van der Waals surface area (Å²) in [4.78, 5) is 12.1. The summed E-state index contributed by atoms with van der Waals surface area (Å²) in [5.74, 6) is 0. The monoisotopic (exact) mass is 301 g/mol. The SMILES string of the molecule is S=c1[nH]c2ncc(-c3nc4ccccc4s3)cc2s1. The van der Waals surface area contributed by atoms with E-state index in [4.69, 9.17) is 12.2 Å². The van der Waals surface area contributed by atoms with Gasteiger partial charge in [0.1, 0.15) is 10.7 Å². The van der Waals surface area contributed by atoms with Crippen LogP contribution in [0.3, 0.4) is 0 Å². The van der Waals surface area contributed by atoms with Crippen LogP contribution in [0.1, 0.15) is 0 Å². The molecule has 0 aliphatic heterocycles. The molecule has 4 rings (SSSR count). The summed E-state index contributed by atoms with van der Waals surface area (Å²) in [7, 11) is 0. The fourth-order valence-electron chi connectivity index (χ4n) is 1.95. The van der Waals surface area contributed by atoms with E-state index in [2.05, 4.69) is 27.1 Å². The number of benzene rings is 1. The number of para-hydroxylation sites is 1. The number of rotatable bonds is 1. The van der Waals surface area contributed by atoms with Crippen LogP contribution in [0.15, 0.2) is 36.5 Å². The smallest absolute Gasteiger partial charge is 0.160 e. The quantitative estimate of drug-likeness (QED) is 0.521. The lowest BCUT2D eigenvalue weighted by atomic mass is 10.3. The van der Waals surface area contributed by atoms with Crippen molar-refractivity contribution in [3.63, 3.8) is 0 Å². The highest BCUT2D eigenvalue weighted by Gasteiger charge is 2.08. The van der Waals surface area contributed by atoms with Crippen LogP contribution < -0.4 is 0 Å². The van der Waals surface area contributed by atoms with Crippen molar-refractivity contribution < 1.29 is 0 Å². The third-order valence-corrected chi connectivity index (χ3v) is 5.07. The number of aromatic nitrogens is 3. The minimum absolute atomic E-state index is 0.754. The maximum atomic E-state index is 5.14. The van der Waals surface area contributed by atoms with Crippen molar-refractivity contribution in [3.05, 3.63) is 40.5 Å². The molecule has 1 N–H and O–H groups in total. The number of aromatic amines is 1. The summed E-state index contributed by atoms with van der Waals surface area (Å²) in [6, 6.07) is 10.2. The van der Waals surface area contributed by atoms with Gasteiger partial charge < -0.3 is 4.98 Å². The Bertz CT molecular complexity index is 915. The average molecular weight is 301 g/mol. The Morgan fingerprint density at radius 1 is 1.11 bits per heavy atom. The summed E-state index contributed by atoms with van der Waals surface area (Å²) in [5.41, 5.74) is 2.92. The molecule has 3 heterocycles. The van der Waals surface area contributed by atoms with E-state index < -0.39 is 0 Å². The molecule has 0 unspecified atom stereocenters. The summed E-state index contributed by atoms with van der Waals surface area (Å²) >= 11 is 8.36. The van der Waals surface area contributed by atoms with E-state index in [0.717, 1.165) is 30.4 Å². The zero-order chi connectivity index (χ0) is 12.8. The molecular formula is C13H7N3S3. The van der Waals surface area contributed by atoms with Crippen LogP contribution in [0, 0.1) is 3.95 Å². The van der Waals surface area contributed by atoms with E-state index >= 15 is 0 Å². The van der Waals surface area contributed by atoms with Crippen molar-refractivity contribution in [2.24, 2.45) is 0 Å². The van der Waals surface area contributed by atoms with Gasteiger partial charge in [0.15, 0.2) is 3.95 Å². The zero-order valence-electron chi connectivity index (χ0n) is 9.58. The molecule has 0 aliphatic carbocycles. The van der Waals surface area contributed by atoms with Crippen LogP contribution in [0.25, 0.3) is 31.1 Å². The molecule has 0 saturated heterocycles. The number of hydrogen-bond donors (Lipinski definition) is 1. The molecular weight excluding hydrogens is 294 g/mol. The molecule has 3 aromatic heterocycles. The van der Waals surface area contributed by atoms with Crippen LogP contribution in [0.4, 0.5) is 0 Å². The molecule has 4 aromatic rings. The van der Waals surface area contributed by atoms with Gasteiger partial charge in [-0.25, -0.2) is 9.97 Å². The van der Waals surface area contributed by atoms with Gasteiger partial charge in [-0.2, -0.15) is 0 Å². The maximum Gasteiger partial charge on any atom is 0.160 e. The first-order chi connectivity index (χ1) is 9.29. The summed E-state index contributed by atoms with van der Waals surface area (Å²) < 4.78 is 3.02. The number of nitrogens with zero attached hydrogens (tertiary/aromatic N) is 2. The number of thiazole rings is 2. The molecule has 1 aromatic carbocycles. The van der Waals surface area contributed by atoms with Crippen LogP contribution >= 0.6 is 34.9 Å². The fourth-order valence-corrected chi connectivity index (χ4v) is 4.00. The van der Waals surface area contributed by atoms with Crippen molar-refractivity contribution >= 4 is 55.5 Å². The molecule has 19 heavy (non-hydrogen) atoms. The first kappa shape index (κ1) is 11.2. The van der Waals surface area contributed by atoms with Gasteiger partial charge in [-0.15, -0.1) is 22.7 Å². The Hall–Kier alpha value is -1.63. The lowest BCUT2D eigenvalue weighted by Crippen LogP contribution is -1.80. The molecule has 0 fully saturated rings. The molecule has 0 bridgehead atoms. The minimum Gasteiger partial charge on any atom is -0.322 e. The molecule has 0 atom stereocenters. The van der Waals surface area contributed by atoms with Gasteiger partial charge in [0, 0.05) is 11.8 Å². The molecule has 0 saturated carbocycles. The molecule has 0 radical (unpaired) electrons. The Balaban J connectivity index is 1.95. The largest absolute Gasteiger partial charge is 0.322 e. The van der Waals surface area contributed by atoms with Gasteiger partial charge >= 0.3 is 0 Å². The Morgan fingerprint density at radius 3 is 2.89 bits per heavy atom. The molecule has 6 heteroatoms. The lowest BCUT2D eigenvalue weighted by molar-refractivity contribution is 1.31. The standard InChI is InChI=1S/C13H7N3S3/c17-13-16-11-10(19-13)5-7(6-14-11)12-15-8-3-1-2-4-9(8)18-12/h1-6H,(H,14,16,17). The van der Waals surface area contributed by atoms with Crippen LogP contribution in [-0.2, 0) is 0 Å². The van der Waals surface area contributed by atoms with Crippen molar-refractivity contribution in [2.45, 2.75) is 0 Å². The second kappa shape index (κ2) is 4.19. The van der Waals surface area contributed by atoms with Gasteiger partial charge in [-0.05, 0) is 30.4 Å². The number of fused-ring (bicyclic) bond motifs is 2. The van der Waals surface area contributed by atoms with Crippen LogP contribution in [0.2, 0.25) is 0 Å². The fraction of sp³-hybridized carbons (Fsp3) is 0. The van der Waals surface area contributed by atoms with Gasteiger partial charge in [0.2, 0.25) is 0 Å². The van der Waals surface area contributed by atoms with Gasteiger partial charge in [0.25, 0.3) is 0 Å². The highest BCUT2D eigenvalue weighted by atomic mass is 32.1. The van der Waals surface area contributed by atoms with Crippen LogP contribution in [0.5, 0.6) is 0 Å². The summed E-state index contributed by atoms with van der Waals surface area (Å²) in [6.07, 6.45) is 1.85. The third-order valence-electron chi connectivity index (χ3n) is 2.82. The predicted molar refractivity (Wildman–Crippen MR) is 83.4 cm³/mol. The van der Waals surface area contributed by atoms with E-state index in [9.17, 15) is 0 Å². The maximum absolute atomic E-state index is 5.14. The topological polar surface area (TPSA) is 41.6 Å². The van der Waals surface area contributed by atoms with E-state index in [1.165, 1.54) is 4.70 Å². The Morgan fingerprint density at radius 2 is 2.00 bits per heavy atom. The second-order valence-corrected chi connectivity index (χ2v) is 6.82. The Labute approximate surface area is 121 Å². The van der Waals surface area contributed by atoms with E-state index in [0.29, 0.717) is 0 Å². The van der Waals surface area contributed by atoms with E-state index in [1.807, 2.05) is 24.4 Å². The molecule has 3 nitrogen and oxygen atoms in total. The van der Waals surface area contributed by atoms with Crippen molar-refractivity contribution in [2.75, 3.05) is 0 Å². The molecule has 0 aliphatic rings. The first-order valence-electron chi connectivity index (χ1n) is 5.64. The second-order valence-electron chi connectivity index (χ2n) is 4.07. The van der Waals surface area contributed by atoms with E-state index in [1.54, 1.807) is 22.7 Å². The normalized spacial score (nSPS) is 11.4. The predicted octanol–water partition coefficient (Wildman–Crippen LogP) is 4.63. The van der Waals surface area contributed by atoms with Gasteiger partial charge in [0.05, 0.1) is 14.9 Å². The Kier molecular flexibility index (Phi) is 2.48. The number of H-pyrrole nitrogens is 1. The number of hydrogen-bond acceptors (Lipinski definition) is 5.